The number of benzene rings is 2. The molecule has 1 N–H and O–H groups in total. The molecule has 0 aliphatic carbocycles. The van der Waals surface area contributed by atoms with Crippen molar-refractivity contribution in [2.75, 3.05) is 32.8 Å². The van der Waals surface area contributed by atoms with E-state index in [2.05, 4.69) is 53.5 Å². The van der Waals surface area contributed by atoms with Crippen molar-refractivity contribution in [1.82, 2.24) is 15.2 Å². The average molecular weight is 418 g/mol. The largest absolute Gasteiger partial charge is 0.490 e. The van der Waals surface area contributed by atoms with Crippen LogP contribution in [0.5, 0.6) is 11.5 Å². The SMILES string of the molecule is CCOc1cc(C(c2ccc(C)cn2)N2CCNCC2)ccc1OCc1ccccc1. The third kappa shape index (κ3) is 5.43. The minimum Gasteiger partial charge on any atom is -0.490 e. The van der Waals surface area contributed by atoms with Crippen molar-refractivity contribution in [3.8, 4) is 11.5 Å². The molecule has 2 aromatic carbocycles. The zero-order valence-corrected chi connectivity index (χ0v) is 18.4. The maximum Gasteiger partial charge on any atom is 0.161 e. The van der Waals surface area contributed by atoms with E-state index in [1.165, 1.54) is 11.1 Å². The molecule has 1 aromatic heterocycles. The third-order valence-corrected chi connectivity index (χ3v) is 5.55. The maximum atomic E-state index is 6.11. The molecule has 3 aromatic rings. The van der Waals surface area contributed by atoms with Crippen molar-refractivity contribution in [1.29, 1.82) is 0 Å². The molecular weight excluding hydrogens is 386 g/mol. The molecule has 1 saturated heterocycles. The van der Waals surface area contributed by atoms with Crippen LogP contribution in [0.3, 0.4) is 0 Å². The molecule has 5 heteroatoms. The van der Waals surface area contributed by atoms with E-state index >= 15 is 0 Å². The van der Waals surface area contributed by atoms with Crippen LogP contribution >= 0.6 is 0 Å². The van der Waals surface area contributed by atoms with Gasteiger partial charge in [0.2, 0.25) is 0 Å². The summed E-state index contributed by atoms with van der Waals surface area (Å²) in [6, 6.07) is 20.9. The molecule has 1 aliphatic rings. The van der Waals surface area contributed by atoms with Crippen LogP contribution in [0.15, 0.2) is 66.9 Å². The molecule has 31 heavy (non-hydrogen) atoms. The molecule has 0 bridgehead atoms. The van der Waals surface area contributed by atoms with Gasteiger partial charge in [-0.25, -0.2) is 0 Å². The highest BCUT2D eigenvalue weighted by Crippen LogP contribution is 2.35. The van der Waals surface area contributed by atoms with Gasteiger partial charge in [0.05, 0.1) is 18.3 Å². The van der Waals surface area contributed by atoms with Gasteiger partial charge >= 0.3 is 0 Å². The summed E-state index contributed by atoms with van der Waals surface area (Å²) < 4.78 is 12.1. The highest BCUT2D eigenvalue weighted by molar-refractivity contribution is 5.45. The Hall–Kier alpha value is -2.89. The van der Waals surface area contributed by atoms with Crippen LogP contribution in [0.25, 0.3) is 0 Å². The van der Waals surface area contributed by atoms with Crippen molar-refractivity contribution in [2.24, 2.45) is 0 Å². The molecule has 5 nitrogen and oxygen atoms in total. The molecule has 1 unspecified atom stereocenters. The Bertz CT molecular complexity index is 954. The molecule has 0 radical (unpaired) electrons. The van der Waals surface area contributed by atoms with Gasteiger partial charge in [0, 0.05) is 32.4 Å². The Morgan fingerprint density at radius 3 is 2.48 bits per heavy atom. The van der Waals surface area contributed by atoms with E-state index in [4.69, 9.17) is 14.5 Å². The number of pyridine rings is 1. The molecule has 1 fully saturated rings. The minimum absolute atomic E-state index is 0.0880. The quantitative estimate of drug-likeness (QED) is 0.590. The molecule has 0 spiro atoms. The van der Waals surface area contributed by atoms with Crippen molar-refractivity contribution in [3.05, 3.63) is 89.2 Å². The second-order valence-corrected chi connectivity index (χ2v) is 7.86. The van der Waals surface area contributed by atoms with Crippen LogP contribution in [0.1, 0.15) is 35.3 Å². The van der Waals surface area contributed by atoms with Gasteiger partial charge in [-0.1, -0.05) is 42.5 Å². The smallest absolute Gasteiger partial charge is 0.161 e. The molecular formula is C26H31N3O2. The van der Waals surface area contributed by atoms with Crippen molar-refractivity contribution >= 4 is 0 Å². The molecule has 4 rings (SSSR count). The summed E-state index contributed by atoms with van der Waals surface area (Å²) >= 11 is 0. The number of aromatic nitrogens is 1. The van der Waals surface area contributed by atoms with Crippen molar-refractivity contribution in [3.63, 3.8) is 0 Å². The second-order valence-electron chi connectivity index (χ2n) is 7.86. The molecule has 0 saturated carbocycles. The van der Waals surface area contributed by atoms with E-state index in [0.717, 1.165) is 48.9 Å². The van der Waals surface area contributed by atoms with Crippen LogP contribution in [-0.4, -0.2) is 42.7 Å². The Kier molecular flexibility index (Phi) is 7.18. The molecule has 2 heterocycles. The van der Waals surface area contributed by atoms with Crippen molar-refractivity contribution < 1.29 is 9.47 Å². The monoisotopic (exact) mass is 417 g/mol. The lowest BCUT2D eigenvalue weighted by Crippen LogP contribution is -2.45. The van der Waals surface area contributed by atoms with E-state index in [1.807, 2.05) is 37.4 Å². The van der Waals surface area contributed by atoms with Gasteiger partial charge < -0.3 is 14.8 Å². The fourth-order valence-corrected chi connectivity index (χ4v) is 3.97. The van der Waals surface area contributed by atoms with Crippen LogP contribution in [0, 0.1) is 6.92 Å². The zero-order chi connectivity index (χ0) is 21.5. The number of piperazine rings is 1. The topological polar surface area (TPSA) is 46.6 Å². The Labute approximate surface area is 185 Å². The predicted octanol–water partition coefficient (Wildman–Crippen LogP) is 4.36. The highest BCUT2D eigenvalue weighted by Gasteiger charge is 2.26. The zero-order valence-electron chi connectivity index (χ0n) is 18.4. The Balaban J connectivity index is 1.64. The number of rotatable bonds is 8. The summed E-state index contributed by atoms with van der Waals surface area (Å²) in [4.78, 5) is 7.26. The van der Waals surface area contributed by atoms with Crippen LogP contribution < -0.4 is 14.8 Å². The number of ether oxygens (including phenoxy) is 2. The predicted molar refractivity (Wildman–Crippen MR) is 124 cm³/mol. The number of aryl methyl sites for hydroxylation is 1. The van der Waals surface area contributed by atoms with Gasteiger partial charge in [-0.15, -0.1) is 0 Å². The fourth-order valence-electron chi connectivity index (χ4n) is 3.97. The van der Waals surface area contributed by atoms with Gasteiger partial charge in [-0.3, -0.25) is 9.88 Å². The lowest BCUT2D eigenvalue weighted by molar-refractivity contribution is 0.195. The second kappa shape index (κ2) is 10.4. The normalized spacial score (nSPS) is 15.4. The molecule has 162 valence electrons. The van der Waals surface area contributed by atoms with Crippen LogP contribution in [0.4, 0.5) is 0 Å². The van der Waals surface area contributed by atoms with E-state index in [9.17, 15) is 0 Å². The minimum atomic E-state index is 0.0880. The lowest BCUT2D eigenvalue weighted by Gasteiger charge is -2.35. The Morgan fingerprint density at radius 2 is 1.77 bits per heavy atom. The number of nitrogens with zero attached hydrogens (tertiary/aromatic N) is 2. The first-order valence-corrected chi connectivity index (χ1v) is 11.1. The third-order valence-electron chi connectivity index (χ3n) is 5.55. The first-order valence-electron chi connectivity index (χ1n) is 11.1. The van der Waals surface area contributed by atoms with E-state index in [-0.39, 0.29) is 6.04 Å². The molecule has 1 atom stereocenters. The molecule has 1 aliphatic heterocycles. The molecule has 0 amide bonds. The summed E-state index contributed by atoms with van der Waals surface area (Å²) in [6.07, 6.45) is 1.95. The van der Waals surface area contributed by atoms with Crippen molar-refractivity contribution in [2.45, 2.75) is 26.5 Å². The van der Waals surface area contributed by atoms with Gasteiger partial charge in [-0.2, -0.15) is 0 Å². The summed E-state index contributed by atoms with van der Waals surface area (Å²) in [5, 5.41) is 3.45. The van der Waals surface area contributed by atoms with E-state index < -0.39 is 0 Å². The van der Waals surface area contributed by atoms with Crippen LogP contribution in [-0.2, 0) is 6.61 Å². The van der Waals surface area contributed by atoms with Gasteiger partial charge in [0.15, 0.2) is 11.5 Å². The maximum absolute atomic E-state index is 6.11. The van der Waals surface area contributed by atoms with Gasteiger partial charge in [0.1, 0.15) is 6.61 Å². The highest BCUT2D eigenvalue weighted by atomic mass is 16.5. The summed E-state index contributed by atoms with van der Waals surface area (Å²) in [5.74, 6) is 1.55. The number of hydrogen-bond acceptors (Lipinski definition) is 5. The number of hydrogen-bond donors (Lipinski definition) is 1. The summed E-state index contributed by atoms with van der Waals surface area (Å²) in [7, 11) is 0. The average Bonchev–Trinajstić information content (AvgIpc) is 2.82. The summed E-state index contributed by atoms with van der Waals surface area (Å²) in [6.45, 7) is 9.11. The standard InChI is InChI=1S/C26H31N3O2/c1-3-30-25-17-22(10-12-24(25)31-19-21-7-5-4-6-8-21)26(29-15-13-27-14-16-29)23-11-9-20(2)18-28-23/h4-12,17-18,26-27H,3,13-16,19H2,1-2H3. The van der Waals surface area contributed by atoms with E-state index in [1.54, 1.807) is 0 Å². The first-order chi connectivity index (χ1) is 15.2. The van der Waals surface area contributed by atoms with Gasteiger partial charge in [0.25, 0.3) is 0 Å². The fraction of sp³-hybridized carbons (Fsp3) is 0.346. The summed E-state index contributed by atoms with van der Waals surface area (Å²) in [5.41, 5.74) is 4.54. The van der Waals surface area contributed by atoms with Gasteiger partial charge in [-0.05, 0) is 48.7 Å². The lowest BCUT2D eigenvalue weighted by atomic mass is 9.99. The van der Waals surface area contributed by atoms with E-state index in [0.29, 0.717) is 13.2 Å². The first kappa shape index (κ1) is 21.3. The Morgan fingerprint density at radius 1 is 0.968 bits per heavy atom. The van der Waals surface area contributed by atoms with Crippen LogP contribution in [0.2, 0.25) is 0 Å². The number of nitrogens with one attached hydrogen (secondary N) is 1.